The van der Waals surface area contributed by atoms with Crippen LogP contribution in [-0.4, -0.2) is 66.5 Å². The predicted molar refractivity (Wildman–Crippen MR) is 82.1 cm³/mol. The van der Waals surface area contributed by atoms with Gasteiger partial charge in [-0.1, -0.05) is 21.6 Å². The van der Waals surface area contributed by atoms with E-state index in [0.29, 0.717) is 25.0 Å². The minimum atomic E-state index is -4.04. The van der Waals surface area contributed by atoms with E-state index >= 15 is 0 Å². The summed E-state index contributed by atoms with van der Waals surface area (Å²) in [5.74, 6) is 0. The van der Waals surface area contributed by atoms with Gasteiger partial charge in [0.2, 0.25) is 7.83 Å². The summed E-state index contributed by atoms with van der Waals surface area (Å²) in [6.45, 7) is 0. The zero-order valence-corrected chi connectivity index (χ0v) is 15.8. The van der Waals surface area contributed by atoms with Gasteiger partial charge in [-0.2, -0.15) is 0 Å². The molecule has 0 spiro atoms. The highest BCUT2D eigenvalue weighted by atomic mass is 33.1. The van der Waals surface area contributed by atoms with E-state index in [4.69, 9.17) is 0 Å². The Hall–Kier alpha value is 0.500. The molecule has 0 saturated heterocycles. The van der Waals surface area contributed by atoms with E-state index in [1.807, 2.05) is 0 Å². The van der Waals surface area contributed by atoms with Crippen LogP contribution in [0, 0.1) is 0 Å². The lowest BCUT2D eigenvalue weighted by Gasteiger charge is -2.16. The fraction of sp³-hybridized carbons (Fsp3) is 1.00. The van der Waals surface area contributed by atoms with Crippen molar-refractivity contribution in [1.82, 2.24) is 0 Å². The Morgan fingerprint density at radius 2 is 0.650 bits per heavy atom. The first kappa shape index (κ1) is 20.5. The minimum Gasteiger partial charge on any atom is -0.227 e. The maximum Gasteiger partial charge on any atom is 0.217 e. The van der Waals surface area contributed by atoms with Crippen LogP contribution in [0.5, 0.6) is 0 Å². The SMILES string of the molecule is CS(=O)(=O)C(SSC(S(C)(=O)=O)S(C)(=O)=O)S(C)(=O)=O. The van der Waals surface area contributed by atoms with E-state index in [2.05, 4.69) is 0 Å². The molecule has 0 aliphatic rings. The summed E-state index contributed by atoms with van der Waals surface area (Å²) < 4.78 is 87.1. The molecule has 0 aliphatic carbocycles. The van der Waals surface area contributed by atoms with Gasteiger partial charge in [0.05, 0.1) is 0 Å². The number of hydrogen-bond donors (Lipinski definition) is 0. The highest BCUT2D eigenvalue weighted by molar-refractivity contribution is 8.82. The first-order chi connectivity index (χ1) is 8.47. The molecule has 122 valence electrons. The van der Waals surface area contributed by atoms with Gasteiger partial charge in [-0.15, -0.1) is 0 Å². The molecule has 0 fully saturated rings. The van der Waals surface area contributed by atoms with Gasteiger partial charge in [0.1, 0.15) is 0 Å². The number of hydrogen-bond acceptors (Lipinski definition) is 10. The predicted octanol–water partition coefficient (Wildman–Crippen LogP) is -0.887. The molecule has 0 unspecified atom stereocenters. The molecule has 0 atom stereocenters. The largest absolute Gasteiger partial charge is 0.227 e. The fourth-order valence-corrected chi connectivity index (χ4v) is 15.9. The fourth-order valence-electron chi connectivity index (χ4n) is 1.01. The third kappa shape index (κ3) is 6.51. The van der Waals surface area contributed by atoms with Gasteiger partial charge in [0, 0.05) is 25.0 Å². The van der Waals surface area contributed by atoms with E-state index < -0.39 is 47.2 Å². The molecule has 0 aromatic carbocycles. The summed E-state index contributed by atoms with van der Waals surface area (Å²) >= 11 is 0. The highest BCUT2D eigenvalue weighted by Gasteiger charge is 2.38. The first-order valence-electron chi connectivity index (χ1n) is 4.55. The quantitative estimate of drug-likeness (QED) is 0.490. The zero-order chi connectivity index (χ0) is 16.6. The second kappa shape index (κ2) is 6.32. The Balaban J connectivity index is 5.54. The van der Waals surface area contributed by atoms with Crippen LogP contribution in [0.1, 0.15) is 0 Å². The summed E-state index contributed by atoms with van der Waals surface area (Å²) in [6.07, 6.45) is 2.68. The van der Waals surface area contributed by atoms with Crippen molar-refractivity contribution >= 4 is 60.9 Å². The van der Waals surface area contributed by atoms with Crippen LogP contribution in [0.25, 0.3) is 0 Å². The molecule has 0 bridgehead atoms. The number of sulfone groups is 4. The van der Waals surface area contributed by atoms with Gasteiger partial charge in [0.25, 0.3) is 0 Å². The minimum absolute atomic E-state index is 0.180. The van der Waals surface area contributed by atoms with Crippen molar-refractivity contribution in [2.24, 2.45) is 0 Å². The van der Waals surface area contributed by atoms with Crippen LogP contribution in [0.2, 0.25) is 0 Å². The maximum atomic E-state index is 11.4. The van der Waals surface area contributed by atoms with Gasteiger partial charge >= 0.3 is 0 Å². The zero-order valence-electron chi connectivity index (χ0n) is 10.9. The monoisotopic (exact) mass is 406 g/mol. The van der Waals surface area contributed by atoms with Gasteiger partial charge in [-0.25, -0.2) is 33.7 Å². The second-order valence-electron chi connectivity index (χ2n) is 4.09. The summed E-state index contributed by atoms with van der Waals surface area (Å²) in [7, 11) is -15.8. The van der Waals surface area contributed by atoms with Crippen LogP contribution in [0.4, 0.5) is 0 Å². The highest BCUT2D eigenvalue weighted by Crippen LogP contribution is 2.39. The average molecular weight is 407 g/mol. The third-order valence-corrected chi connectivity index (χ3v) is 17.3. The van der Waals surface area contributed by atoms with E-state index in [1.165, 1.54) is 0 Å². The molecule has 0 aromatic rings. The molecular weight excluding hydrogens is 392 g/mol. The molecule has 0 heterocycles. The summed E-state index contributed by atoms with van der Waals surface area (Å²) in [6, 6.07) is 0. The lowest BCUT2D eigenvalue weighted by molar-refractivity contribution is 0.588. The Bertz CT molecular complexity index is 623. The van der Waals surface area contributed by atoms with Crippen LogP contribution < -0.4 is 0 Å². The van der Waals surface area contributed by atoms with Gasteiger partial charge in [-0.05, 0) is 0 Å². The lowest BCUT2D eigenvalue weighted by Crippen LogP contribution is -2.28. The molecule has 0 saturated carbocycles. The molecule has 0 rings (SSSR count). The molecule has 8 nitrogen and oxygen atoms in total. The van der Waals surface area contributed by atoms with Crippen molar-refractivity contribution in [2.75, 3.05) is 25.0 Å². The van der Waals surface area contributed by atoms with Crippen molar-refractivity contribution in [3.05, 3.63) is 0 Å². The first-order valence-corrected chi connectivity index (χ1v) is 14.6. The van der Waals surface area contributed by atoms with Crippen molar-refractivity contribution in [3.8, 4) is 0 Å². The lowest BCUT2D eigenvalue weighted by atomic mass is 11.8. The summed E-state index contributed by atoms with van der Waals surface area (Å²) in [4.78, 5) is 0. The molecule has 0 N–H and O–H groups in total. The average Bonchev–Trinajstić information content (AvgIpc) is 2.02. The molecular formula is C6H14O8S6. The van der Waals surface area contributed by atoms with Gasteiger partial charge < -0.3 is 0 Å². The van der Waals surface area contributed by atoms with Gasteiger partial charge in [0.15, 0.2) is 39.3 Å². The van der Waals surface area contributed by atoms with Crippen molar-refractivity contribution in [3.63, 3.8) is 0 Å². The Labute approximate surface area is 127 Å². The normalized spacial score (nSPS) is 14.9. The molecule has 0 aliphatic heterocycles. The number of rotatable bonds is 7. The smallest absolute Gasteiger partial charge is 0.217 e. The molecule has 20 heavy (non-hydrogen) atoms. The Kier molecular flexibility index (Phi) is 6.48. The van der Waals surface area contributed by atoms with Crippen LogP contribution in [0.3, 0.4) is 0 Å². The van der Waals surface area contributed by atoms with E-state index in [9.17, 15) is 33.7 Å². The topological polar surface area (TPSA) is 137 Å². The maximum absolute atomic E-state index is 11.4. The molecule has 0 aromatic heterocycles. The third-order valence-electron chi connectivity index (χ3n) is 1.61. The molecule has 0 radical (unpaired) electrons. The Morgan fingerprint density at radius 3 is 0.750 bits per heavy atom. The standard InChI is InChI=1S/C6H14O8S6/c1-17(7,8)5(18(2,9)10)15-16-6(19(3,11)12)20(4,13)14/h5-6H,1-4H3. The van der Waals surface area contributed by atoms with Crippen molar-refractivity contribution < 1.29 is 33.7 Å². The van der Waals surface area contributed by atoms with E-state index in [-0.39, 0.29) is 21.6 Å². The second-order valence-corrected chi connectivity index (χ2v) is 16.9. The summed E-state index contributed by atoms with van der Waals surface area (Å²) in [5.41, 5.74) is 0. The Morgan fingerprint density at radius 1 is 0.500 bits per heavy atom. The summed E-state index contributed by atoms with van der Waals surface area (Å²) in [5, 5.41) is 0. The van der Waals surface area contributed by atoms with Crippen molar-refractivity contribution in [2.45, 2.75) is 7.83 Å². The van der Waals surface area contributed by atoms with Crippen LogP contribution in [-0.2, 0) is 39.3 Å². The van der Waals surface area contributed by atoms with Crippen molar-refractivity contribution in [1.29, 1.82) is 0 Å². The molecule has 14 heteroatoms. The van der Waals surface area contributed by atoms with E-state index in [0.717, 1.165) is 0 Å². The van der Waals surface area contributed by atoms with Gasteiger partial charge in [-0.3, -0.25) is 0 Å². The van der Waals surface area contributed by atoms with Crippen LogP contribution >= 0.6 is 21.6 Å². The van der Waals surface area contributed by atoms with Crippen LogP contribution in [0.15, 0.2) is 0 Å². The van der Waals surface area contributed by atoms with E-state index in [1.54, 1.807) is 0 Å². The molecule has 0 amide bonds.